The molecule has 2 aromatic rings. The highest BCUT2D eigenvalue weighted by Gasteiger charge is 2.24. The van der Waals surface area contributed by atoms with E-state index >= 15 is 0 Å². The average Bonchev–Trinajstić information content (AvgIpc) is 2.67. The highest BCUT2D eigenvalue weighted by Crippen LogP contribution is 2.37. The molecule has 1 aliphatic rings. The molecule has 5 nitrogen and oxygen atoms in total. The normalized spacial score (nSPS) is 16.1. The molecule has 0 spiro atoms. The molecule has 0 fully saturated rings. The molecule has 3 rings (SSSR count). The maximum absolute atomic E-state index is 6.03. The van der Waals surface area contributed by atoms with Gasteiger partial charge in [0, 0.05) is 13.1 Å². The Labute approximate surface area is 162 Å². The molecule has 1 N–H and O–H groups in total. The largest absolute Gasteiger partial charge is 0.494 e. The summed E-state index contributed by atoms with van der Waals surface area (Å²) in [6, 6.07) is 12.7. The maximum Gasteiger partial charge on any atom is 0.161 e. The quantitative estimate of drug-likeness (QED) is 0.773. The zero-order valence-electron chi connectivity index (χ0n) is 16.7. The topological polar surface area (TPSA) is 43.0 Å². The van der Waals surface area contributed by atoms with Crippen LogP contribution >= 0.6 is 0 Å². The van der Waals surface area contributed by atoms with E-state index in [1.807, 2.05) is 33.2 Å². The Bertz CT molecular complexity index is 744. The van der Waals surface area contributed by atoms with Gasteiger partial charge in [0.1, 0.15) is 12.4 Å². The summed E-state index contributed by atoms with van der Waals surface area (Å²) in [6.07, 6.45) is 0.983. The number of hydrogen-bond donors (Lipinski definition) is 1. The van der Waals surface area contributed by atoms with Crippen LogP contribution in [0.5, 0.6) is 17.2 Å². The summed E-state index contributed by atoms with van der Waals surface area (Å²) >= 11 is 0. The minimum absolute atomic E-state index is 0.145. The molecule has 0 saturated heterocycles. The molecule has 2 aromatic carbocycles. The van der Waals surface area contributed by atoms with Crippen molar-refractivity contribution in [1.82, 2.24) is 10.2 Å². The van der Waals surface area contributed by atoms with Crippen molar-refractivity contribution >= 4 is 0 Å². The van der Waals surface area contributed by atoms with Crippen LogP contribution in [0.1, 0.15) is 29.7 Å². The van der Waals surface area contributed by atoms with Crippen molar-refractivity contribution in [2.45, 2.75) is 19.4 Å². The van der Waals surface area contributed by atoms with E-state index in [4.69, 9.17) is 14.2 Å². The van der Waals surface area contributed by atoms with Gasteiger partial charge in [-0.05, 0) is 68.4 Å². The maximum atomic E-state index is 6.03. The van der Waals surface area contributed by atoms with Crippen LogP contribution in [0.3, 0.4) is 0 Å². The van der Waals surface area contributed by atoms with Crippen LogP contribution in [-0.2, 0) is 6.42 Å². The third kappa shape index (κ3) is 4.73. The fraction of sp³-hybridized carbons (Fsp3) is 0.455. The van der Waals surface area contributed by atoms with Crippen LogP contribution in [0.15, 0.2) is 36.4 Å². The number of nitrogens with one attached hydrogen (secondary N) is 1. The van der Waals surface area contributed by atoms with Gasteiger partial charge in [-0.2, -0.15) is 0 Å². The monoisotopic (exact) mass is 370 g/mol. The second kappa shape index (κ2) is 9.11. The number of fused-ring (bicyclic) bond motifs is 1. The summed E-state index contributed by atoms with van der Waals surface area (Å²) in [7, 11) is 5.78. The van der Waals surface area contributed by atoms with E-state index < -0.39 is 0 Å². The SMILES string of the molecule is CCOc1ccc(C2NCCc3cc(OC)c(OCCN(C)C)cc32)cc1. The lowest BCUT2D eigenvalue weighted by Crippen LogP contribution is -2.30. The fourth-order valence-electron chi connectivity index (χ4n) is 3.40. The van der Waals surface area contributed by atoms with E-state index in [9.17, 15) is 0 Å². The molecule has 0 aliphatic carbocycles. The standard InChI is InChI=1S/C22H30N2O3/c1-5-26-18-8-6-16(7-9-18)22-19-15-21(27-13-12-24(2)3)20(25-4)14-17(19)10-11-23-22/h6-9,14-15,22-23H,5,10-13H2,1-4H3. The summed E-state index contributed by atoms with van der Waals surface area (Å²) in [5, 5.41) is 3.64. The summed E-state index contributed by atoms with van der Waals surface area (Å²) < 4.78 is 17.2. The zero-order valence-corrected chi connectivity index (χ0v) is 16.7. The Morgan fingerprint density at radius 2 is 1.85 bits per heavy atom. The fourth-order valence-corrected chi connectivity index (χ4v) is 3.40. The summed E-state index contributed by atoms with van der Waals surface area (Å²) in [5.41, 5.74) is 3.79. The molecular weight excluding hydrogens is 340 g/mol. The Hall–Kier alpha value is -2.24. The third-order valence-corrected chi connectivity index (χ3v) is 4.80. The molecule has 0 saturated carbocycles. The molecule has 0 radical (unpaired) electrons. The van der Waals surface area contributed by atoms with Gasteiger partial charge in [0.15, 0.2) is 11.5 Å². The Kier molecular flexibility index (Phi) is 6.58. The molecule has 0 aromatic heterocycles. The molecule has 146 valence electrons. The first-order valence-electron chi connectivity index (χ1n) is 9.56. The minimum Gasteiger partial charge on any atom is -0.494 e. The van der Waals surface area contributed by atoms with E-state index in [1.165, 1.54) is 16.7 Å². The van der Waals surface area contributed by atoms with Crippen molar-refractivity contribution in [3.8, 4) is 17.2 Å². The van der Waals surface area contributed by atoms with E-state index in [0.29, 0.717) is 13.2 Å². The highest BCUT2D eigenvalue weighted by atomic mass is 16.5. The molecular formula is C22H30N2O3. The van der Waals surface area contributed by atoms with Crippen molar-refractivity contribution < 1.29 is 14.2 Å². The van der Waals surface area contributed by atoms with Gasteiger partial charge >= 0.3 is 0 Å². The first kappa shape index (κ1) is 19.5. The van der Waals surface area contributed by atoms with Gasteiger partial charge in [-0.3, -0.25) is 0 Å². The van der Waals surface area contributed by atoms with Gasteiger partial charge < -0.3 is 24.4 Å². The molecule has 1 heterocycles. The van der Waals surface area contributed by atoms with Crippen molar-refractivity contribution in [3.63, 3.8) is 0 Å². The van der Waals surface area contributed by atoms with Crippen molar-refractivity contribution in [2.75, 3.05) is 47.5 Å². The van der Waals surface area contributed by atoms with Gasteiger partial charge in [-0.25, -0.2) is 0 Å². The van der Waals surface area contributed by atoms with E-state index in [2.05, 4.69) is 34.5 Å². The molecule has 1 unspecified atom stereocenters. The number of rotatable bonds is 8. The number of methoxy groups -OCH3 is 1. The Morgan fingerprint density at radius 1 is 1.07 bits per heavy atom. The molecule has 27 heavy (non-hydrogen) atoms. The molecule has 5 heteroatoms. The van der Waals surface area contributed by atoms with Crippen LogP contribution in [0, 0.1) is 0 Å². The number of likely N-dealkylation sites (N-methyl/N-ethyl adjacent to an activating group) is 1. The highest BCUT2D eigenvalue weighted by molar-refractivity contribution is 5.52. The molecule has 1 atom stereocenters. The van der Waals surface area contributed by atoms with Crippen molar-refractivity contribution in [2.24, 2.45) is 0 Å². The number of hydrogen-bond acceptors (Lipinski definition) is 5. The minimum atomic E-state index is 0.145. The molecule has 0 bridgehead atoms. The lowest BCUT2D eigenvalue weighted by Gasteiger charge is -2.29. The van der Waals surface area contributed by atoms with Gasteiger partial charge in [0.2, 0.25) is 0 Å². The van der Waals surface area contributed by atoms with Gasteiger partial charge in [-0.15, -0.1) is 0 Å². The predicted octanol–water partition coefficient (Wildman–Crippen LogP) is 3.27. The van der Waals surface area contributed by atoms with Crippen LogP contribution in [0.2, 0.25) is 0 Å². The van der Waals surface area contributed by atoms with E-state index in [1.54, 1.807) is 7.11 Å². The number of benzene rings is 2. The molecule has 1 aliphatic heterocycles. The van der Waals surface area contributed by atoms with Crippen LogP contribution in [0.4, 0.5) is 0 Å². The van der Waals surface area contributed by atoms with Crippen LogP contribution in [0.25, 0.3) is 0 Å². The van der Waals surface area contributed by atoms with E-state index in [0.717, 1.165) is 36.8 Å². The number of nitrogens with zero attached hydrogens (tertiary/aromatic N) is 1. The van der Waals surface area contributed by atoms with Gasteiger partial charge in [0.05, 0.1) is 19.8 Å². The molecule has 0 amide bonds. The second-order valence-corrected chi connectivity index (χ2v) is 6.99. The Balaban J connectivity index is 1.88. The average molecular weight is 370 g/mol. The van der Waals surface area contributed by atoms with Crippen LogP contribution in [-0.4, -0.2) is 52.4 Å². The van der Waals surface area contributed by atoms with Gasteiger partial charge in [-0.1, -0.05) is 12.1 Å². The third-order valence-electron chi connectivity index (χ3n) is 4.80. The van der Waals surface area contributed by atoms with Crippen LogP contribution < -0.4 is 19.5 Å². The lowest BCUT2D eigenvalue weighted by molar-refractivity contribution is 0.250. The summed E-state index contributed by atoms with van der Waals surface area (Å²) in [6.45, 7) is 5.11. The zero-order chi connectivity index (χ0) is 19.2. The van der Waals surface area contributed by atoms with E-state index in [-0.39, 0.29) is 6.04 Å². The lowest BCUT2D eigenvalue weighted by atomic mass is 9.89. The Morgan fingerprint density at radius 3 is 2.52 bits per heavy atom. The summed E-state index contributed by atoms with van der Waals surface area (Å²) in [4.78, 5) is 2.11. The number of ether oxygens (including phenoxy) is 3. The van der Waals surface area contributed by atoms with Gasteiger partial charge in [0.25, 0.3) is 0 Å². The first-order chi connectivity index (χ1) is 13.1. The predicted molar refractivity (Wildman–Crippen MR) is 108 cm³/mol. The van der Waals surface area contributed by atoms with Crippen molar-refractivity contribution in [3.05, 3.63) is 53.1 Å². The van der Waals surface area contributed by atoms with Crippen molar-refractivity contribution in [1.29, 1.82) is 0 Å². The summed E-state index contributed by atoms with van der Waals surface area (Å²) in [5.74, 6) is 2.51. The second-order valence-electron chi connectivity index (χ2n) is 6.99. The first-order valence-corrected chi connectivity index (χ1v) is 9.56. The smallest absolute Gasteiger partial charge is 0.161 e.